The molecule has 0 spiro atoms. The summed E-state index contributed by atoms with van der Waals surface area (Å²) in [5.41, 5.74) is 1.91. The van der Waals surface area contributed by atoms with E-state index in [1.807, 2.05) is 60.7 Å². The molecule has 0 saturated heterocycles. The molecule has 0 amide bonds. The number of rotatable bonds is 4. The lowest BCUT2D eigenvalue weighted by Crippen LogP contribution is -1.99. The molecule has 108 valence electrons. The molecule has 3 nitrogen and oxygen atoms in total. The van der Waals surface area contributed by atoms with Gasteiger partial charge in [0.2, 0.25) is 0 Å². The summed E-state index contributed by atoms with van der Waals surface area (Å²) < 4.78 is 0. The molecule has 2 aromatic carbocycles. The molecule has 0 aliphatic carbocycles. The normalized spacial score (nSPS) is 10.4. The highest BCUT2D eigenvalue weighted by Gasteiger charge is 2.13. The molecule has 0 radical (unpaired) electrons. The highest BCUT2D eigenvalue weighted by Crippen LogP contribution is 2.32. The van der Waals surface area contributed by atoms with E-state index in [4.69, 9.17) is 0 Å². The van der Waals surface area contributed by atoms with Crippen LogP contribution < -0.4 is 0 Å². The van der Waals surface area contributed by atoms with E-state index in [1.54, 1.807) is 12.3 Å². The lowest BCUT2D eigenvalue weighted by molar-refractivity contribution is 0.0697. The van der Waals surface area contributed by atoms with Crippen molar-refractivity contribution in [2.75, 3.05) is 0 Å². The third-order valence-corrected chi connectivity index (χ3v) is 4.11. The van der Waals surface area contributed by atoms with Crippen LogP contribution in [-0.2, 0) is 0 Å². The molecule has 1 heterocycles. The summed E-state index contributed by atoms with van der Waals surface area (Å²) in [6.07, 6.45) is 1.74. The maximum atomic E-state index is 11.4. The van der Waals surface area contributed by atoms with Crippen LogP contribution in [0.1, 0.15) is 10.4 Å². The maximum absolute atomic E-state index is 11.4. The van der Waals surface area contributed by atoms with Crippen molar-refractivity contribution < 1.29 is 9.90 Å². The van der Waals surface area contributed by atoms with Crippen LogP contribution in [0.3, 0.4) is 0 Å². The summed E-state index contributed by atoms with van der Waals surface area (Å²) >= 11 is 1.51. The second-order valence-electron chi connectivity index (χ2n) is 4.65. The monoisotopic (exact) mass is 307 g/mol. The van der Waals surface area contributed by atoms with Crippen LogP contribution in [-0.4, -0.2) is 16.1 Å². The first-order valence-electron chi connectivity index (χ1n) is 6.76. The van der Waals surface area contributed by atoms with Crippen molar-refractivity contribution in [3.8, 4) is 11.1 Å². The zero-order valence-corrected chi connectivity index (χ0v) is 12.5. The third kappa shape index (κ3) is 3.18. The van der Waals surface area contributed by atoms with Gasteiger partial charge in [-0.05, 0) is 41.5 Å². The van der Waals surface area contributed by atoms with Crippen LogP contribution in [0.2, 0.25) is 0 Å². The van der Waals surface area contributed by atoms with Crippen molar-refractivity contribution in [3.05, 3.63) is 78.5 Å². The molecule has 0 unspecified atom stereocenters. The summed E-state index contributed by atoms with van der Waals surface area (Å²) in [5, 5.41) is 10.3. The van der Waals surface area contributed by atoms with E-state index in [0.717, 1.165) is 15.5 Å². The van der Waals surface area contributed by atoms with Crippen molar-refractivity contribution in [2.24, 2.45) is 0 Å². The Labute approximate surface area is 132 Å². The van der Waals surface area contributed by atoms with Crippen molar-refractivity contribution in [2.45, 2.75) is 9.92 Å². The number of nitrogens with zero attached hydrogens (tertiary/aromatic N) is 1. The number of pyridine rings is 1. The predicted octanol–water partition coefficient (Wildman–Crippen LogP) is 4.60. The number of carboxylic acids is 1. The number of benzene rings is 2. The number of hydrogen-bond donors (Lipinski definition) is 1. The molecule has 22 heavy (non-hydrogen) atoms. The van der Waals surface area contributed by atoms with Crippen molar-refractivity contribution in [1.29, 1.82) is 0 Å². The topological polar surface area (TPSA) is 50.2 Å². The van der Waals surface area contributed by atoms with Crippen LogP contribution in [0.4, 0.5) is 0 Å². The molecule has 3 aromatic rings. The molecule has 1 N–H and O–H groups in total. The minimum absolute atomic E-state index is 0.302. The lowest BCUT2D eigenvalue weighted by Gasteiger charge is -2.09. The standard InChI is InChI=1S/C18H13NO2S/c20-18(21)15-10-9-14(22-17-8-4-5-11-19-17)12-16(15)13-6-2-1-3-7-13/h1-12H,(H,20,21). The minimum atomic E-state index is -0.923. The van der Waals surface area contributed by atoms with Crippen LogP contribution in [0.15, 0.2) is 82.8 Å². The molecular weight excluding hydrogens is 294 g/mol. The molecule has 0 aliphatic heterocycles. The van der Waals surface area contributed by atoms with Gasteiger partial charge in [-0.3, -0.25) is 0 Å². The van der Waals surface area contributed by atoms with Gasteiger partial charge in [0.15, 0.2) is 0 Å². The SMILES string of the molecule is O=C(O)c1ccc(Sc2ccccn2)cc1-c1ccccc1. The Hall–Kier alpha value is -2.59. The van der Waals surface area contributed by atoms with E-state index in [0.29, 0.717) is 11.1 Å². The van der Waals surface area contributed by atoms with E-state index >= 15 is 0 Å². The zero-order chi connectivity index (χ0) is 15.4. The summed E-state index contributed by atoms with van der Waals surface area (Å²) in [6, 6.07) is 20.6. The number of aromatic carboxylic acids is 1. The second-order valence-corrected chi connectivity index (χ2v) is 5.74. The Morgan fingerprint density at radius 2 is 1.73 bits per heavy atom. The Kier molecular flexibility index (Phi) is 4.21. The quantitative estimate of drug-likeness (QED) is 0.765. The zero-order valence-electron chi connectivity index (χ0n) is 11.6. The minimum Gasteiger partial charge on any atom is -0.478 e. The van der Waals surface area contributed by atoms with Gasteiger partial charge in [-0.1, -0.05) is 48.2 Å². The maximum Gasteiger partial charge on any atom is 0.336 e. The number of hydrogen-bond acceptors (Lipinski definition) is 3. The van der Waals surface area contributed by atoms with Crippen molar-refractivity contribution >= 4 is 17.7 Å². The number of carbonyl (C=O) groups is 1. The van der Waals surface area contributed by atoms with Gasteiger partial charge in [0.05, 0.1) is 5.56 Å². The lowest BCUT2D eigenvalue weighted by atomic mass is 10.00. The van der Waals surface area contributed by atoms with Gasteiger partial charge < -0.3 is 5.11 Å². The molecule has 3 rings (SSSR count). The first-order valence-corrected chi connectivity index (χ1v) is 7.57. The van der Waals surface area contributed by atoms with Gasteiger partial charge in [0, 0.05) is 11.1 Å². The average molecular weight is 307 g/mol. The Balaban J connectivity index is 2.03. The summed E-state index contributed by atoms with van der Waals surface area (Å²) in [7, 11) is 0. The van der Waals surface area contributed by atoms with Crippen LogP contribution in [0, 0.1) is 0 Å². The Bertz CT molecular complexity index is 789. The number of carboxylic acid groups (broad SMARTS) is 1. The summed E-state index contributed by atoms with van der Waals surface area (Å²) in [6.45, 7) is 0. The van der Waals surface area contributed by atoms with Gasteiger partial charge >= 0.3 is 5.97 Å². The van der Waals surface area contributed by atoms with Gasteiger partial charge in [-0.15, -0.1) is 0 Å². The Morgan fingerprint density at radius 3 is 2.41 bits per heavy atom. The van der Waals surface area contributed by atoms with Gasteiger partial charge in [0.1, 0.15) is 5.03 Å². The molecular formula is C18H13NO2S. The van der Waals surface area contributed by atoms with E-state index in [2.05, 4.69) is 4.98 Å². The molecule has 0 bridgehead atoms. The van der Waals surface area contributed by atoms with E-state index in [1.165, 1.54) is 11.8 Å². The molecule has 1 aromatic heterocycles. The fraction of sp³-hybridized carbons (Fsp3) is 0. The molecule has 0 aliphatic rings. The van der Waals surface area contributed by atoms with Crippen molar-refractivity contribution in [1.82, 2.24) is 4.98 Å². The summed E-state index contributed by atoms with van der Waals surface area (Å²) in [4.78, 5) is 16.7. The van der Waals surface area contributed by atoms with Gasteiger partial charge in [-0.2, -0.15) is 0 Å². The average Bonchev–Trinajstić information content (AvgIpc) is 2.56. The third-order valence-electron chi connectivity index (χ3n) is 3.17. The van der Waals surface area contributed by atoms with E-state index in [-0.39, 0.29) is 0 Å². The van der Waals surface area contributed by atoms with Crippen molar-refractivity contribution in [3.63, 3.8) is 0 Å². The summed E-state index contributed by atoms with van der Waals surface area (Å²) in [5.74, 6) is -0.923. The number of aromatic nitrogens is 1. The largest absolute Gasteiger partial charge is 0.478 e. The van der Waals surface area contributed by atoms with E-state index in [9.17, 15) is 9.90 Å². The van der Waals surface area contributed by atoms with E-state index < -0.39 is 5.97 Å². The second kappa shape index (κ2) is 6.45. The van der Waals surface area contributed by atoms with Crippen LogP contribution >= 0.6 is 11.8 Å². The Morgan fingerprint density at radius 1 is 0.955 bits per heavy atom. The smallest absolute Gasteiger partial charge is 0.336 e. The highest BCUT2D eigenvalue weighted by molar-refractivity contribution is 7.99. The molecule has 4 heteroatoms. The first-order chi connectivity index (χ1) is 10.7. The van der Waals surface area contributed by atoms with Crippen LogP contribution in [0.25, 0.3) is 11.1 Å². The fourth-order valence-corrected chi connectivity index (χ4v) is 2.97. The highest BCUT2D eigenvalue weighted by atomic mass is 32.2. The van der Waals surface area contributed by atoms with Crippen LogP contribution in [0.5, 0.6) is 0 Å². The van der Waals surface area contributed by atoms with Gasteiger partial charge in [-0.25, -0.2) is 9.78 Å². The molecule has 0 atom stereocenters. The predicted molar refractivity (Wildman–Crippen MR) is 87.2 cm³/mol. The first kappa shape index (κ1) is 14.4. The fourth-order valence-electron chi connectivity index (χ4n) is 2.16. The van der Waals surface area contributed by atoms with Gasteiger partial charge in [0.25, 0.3) is 0 Å². The molecule has 0 saturated carbocycles. The molecule has 0 fully saturated rings.